The summed E-state index contributed by atoms with van der Waals surface area (Å²) in [5, 5.41) is 0.944. The predicted octanol–water partition coefficient (Wildman–Crippen LogP) is 3.23. The lowest BCUT2D eigenvalue weighted by molar-refractivity contribution is -0.0244. The molecule has 1 amide bonds. The molecule has 0 bridgehead atoms. The van der Waals surface area contributed by atoms with Crippen molar-refractivity contribution >= 4 is 17.2 Å². The topological polar surface area (TPSA) is 42.4 Å². The van der Waals surface area contributed by atoms with Crippen LogP contribution < -0.4 is 0 Å². The number of ether oxygens (including phenoxy) is 1. The number of aryl methyl sites for hydroxylation is 3. The van der Waals surface area contributed by atoms with Gasteiger partial charge in [-0.1, -0.05) is 30.3 Å². The van der Waals surface area contributed by atoms with Gasteiger partial charge in [-0.15, -0.1) is 11.3 Å². The zero-order chi connectivity index (χ0) is 16.2. The van der Waals surface area contributed by atoms with Gasteiger partial charge in [0.15, 0.2) is 0 Å². The van der Waals surface area contributed by atoms with Gasteiger partial charge in [-0.2, -0.15) is 0 Å². The van der Waals surface area contributed by atoms with Crippen LogP contribution in [-0.2, 0) is 11.2 Å². The molecule has 0 aliphatic carbocycles. The molecular weight excluding hydrogens is 308 g/mol. The number of benzene rings is 1. The van der Waals surface area contributed by atoms with E-state index in [4.69, 9.17) is 4.74 Å². The van der Waals surface area contributed by atoms with Gasteiger partial charge in [-0.25, -0.2) is 4.98 Å². The second-order valence-electron chi connectivity index (χ2n) is 5.92. The molecule has 2 aromatic rings. The van der Waals surface area contributed by atoms with Gasteiger partial charge in [-0.05, 0) is 32.3 Å². The monoisotopic (exact) mass is 330 g/mol. The first-order valence-corrected chi connectivity index (χ1v) is 8.84. The van der Waals surface area contributed by atoms with E-state index in [1.54, 1.807) is 0 Å². The van der Waals surface area contributed by atoms with Crippen molar-refractivity contribution in [3.8, 4) is 0 Å². The van der Waals surface area contributed by atoms with Gasteiger partial charge in [0, 0.05) is 13.1 Å². The predicted molar refractivity (Wildman–Crippen MR) is 92.0 cm³/mol. The molecule has 0 saturated carbocycles. The van der Waals surface area contributed by atoms with Crippen molar-refractivity contribution in [1.82, 2.24) is 9.88 Å². The highest BCUT2D eigenvalue weighted by Crippen LogP contribution is 2.21. The Balaban J connectivity index is 1.59. The van der Waals surface area contributed by atoms with Gasteiger partial charge in [0.05, 0.1) is 23.4 Å². The smallest absolute Gasteiger partial charge is 0.266 e. The molecule has 2 heterocycles. The molecule has 4 nitrogen and oxygen atoms in total. The molecule has 1 aromatic carbocycles. The first-order chi connectivity index (χ1) is 11.1. The van der Waals surface area contributed by atoms with Gasteiger partial charge in [0.25, 0.3) is 5.91 Å². The van der Waals surface area contributed by atoms with Gasteiger partial charge in [0.1, 0.15) is 4.88 Å². The van der Waals surface area contributed by atoms with Crippen LogP contribution in [0.25, 0.3) is 0 Å². The van der Waals surface area contributed by atoms with E-state index in [2.05, 4.69) is 29.2 Å². The van der Waals surface area contributed by atoms with Crippen molar-refractivity contribution in [1.29, 1.82) is 0 Å². The average molecular weight is 330 g/mol. The average Bonchev–Trinajstić information content (AvgIpc) is 2.92. The largest absolute Gasteiger partial charge is 0.375 e. The summed E-state index contributed by atoms with van der Waals surface area (Å²) in [5.74, 6) is 0.0983. The molecule has 0 radical (unpaired) electrons. The normalized spacial score (nSPS) is 18.2. The highest BCUT2D eigenvalue weighted by atomic mass is 32.1. The van der Waals surface area contributed by atoms with Gasteiger partial charge >= 0.3 is 0 Å². The maximum Gasteiger partial charge on any atom is 0.266 e. The Morgan fingerprint density at radius 1 is 1.35 bits per heavy atom. The number of amides is 1. The molecule has 1 saturated heterocycles. The molecule has 0 unspecified atom stereocenters. The lowest BCUT2D eigenvalue weighted by Crippen LogP contribution is -2.45. The van der Waals surface area contributed by atoms with E-state index >= 15 is 0 Å². The number of rotatable bonds is 4. The number of nitrogens with zero attached hydrogens (tertiary/aromatic N) is 2. The van der Waals surface area contributed by atoms with Crippen LogP contribution in [0.4, 0.5) is 0 Å². The van der Waals surface area contributed by atoms with Crippen LogP contribution in [0.3, 0.4) is 0 Å². The molecule has 1 atom stereocenters. The number of carbonyl (C=O) groups is 1. The summed E-state index contributed by atoms with van der Waals surface area (Å²) >= 11 is 1.48. The SMILES string of the molecule is Cc1nc(C)c(C(=O)N2CCO[C@H](CCc3ccccc3)C2)s1. The standard InChI is InChI=1S/C18H22N2O2S/c1-13-17(23-14(2)19-13)18(21)20-10-11-22-16(12-20)9-8-15-6-4-3-5-7-15/h3-7,16H,8-12H2,1-2H3/t16-/m1/s1. The summed E-state index contributed by atoms with van der Waals surface area (Å²) in [6.07, 6.45) is 2.03. The van der Waals surface area contributed by atoms with Crippen molar-refractivity contribution < 1.29 is 9.53 Å². The second kappa shape index (κ2) is 7.23. The molecule has 5 heteroatoms. The van der Waals surface area contributed by atoms with Crippen molar-refractivity contribution in [2.45, 2.75) is 32.8 Å². The van der Waals surface area contributed by atoms with E-state index in [0.717, 1.165) is 28.4 Å². The van der Waals surface area contributed by atoms with Gasteiger partial charge < -0.3 is 9.64 Å². The molecule has 3 rings (SSSR count). The lowest BCUT2D eigenvalue weighted by Gasteiger charge is -2.33. The Morgan fingerprint density at radius 2 is 2.13 bits per heavy atom. The Kier molecular flexibility index (Phi) is 5.08. The number of aromatic nitrogens is 1. The van der Waals surface area contributed by atoms with E-state index in [9.17, 15) is 4.79 Å². The molecule has 23 heavy (non-hydrogen) atoms. The molecule has 1 aromatic heterocycles. The molecule has 0 N–H and O–H groups in total. The zero-order valence-corrected chi connectivity index (χ0v) is 14.4. The number of morpholine rings is 1. The minimum Gasteiger partial charge on any atom is -0.375 e. The maximum absolute atomic E-state index is 12.7. The summed E-state index contributed by atoms with van der Waals surface area (Å²) in [6, 6.07) is 10.4. The fourth-order valence-electron chi connectivity index (χ4n) is 2.92. The van der Waals surface area contributed by atoms with Crippen molar-refractivity contribution in [2.75, 3.05) is 19.7 Å². The van der Waals surface area contributed by atoms with Gasteiger partial charge in [-0.3, -0.25) is 4.79 Å². The Bertz CT molecular complexity index is 669. The Labute approximate surface area is 141 Å². The van der Waals surface area contributed by atoms with E-state index in [-0.39, 0.29) is 12.0 Å². The van der Waals surface area contributed by atoms with E-state index in [0.29, 0.717) is 19.7 Å². The Morgan fingerprint density at radius 3 is 2.83 bits per heavy atom. The van der Waals surface area contributed by atoms with Crippen LogP contribution in [0.5, 0.6) is 0 Å². The third kappa shape index (κ3) is 3.98. The first-order valence-electron chi connectivity index (χ1n) is 8.02. The van der Waals surface area contributed by atoms with E-state index in [1.165, 1.54) is 16.9 Å². The number of carbonyl (C=O) groups excluding carboxylic acids is 1. The fourth-order valence-corrected chi connectivity index (χ4v) is 3.81. The van der Waals surface area contributed by atoms with E-state index in [1.807, 2.05) is 24.8 Å². The molecule has 1 aliphatic rings. The maximum atomic E-state index is 12.7. The van der Waals surface area contributed by atoms with Crippen molar-refractivity contribution in [2.24, 2.45) is 0 Å². The van der Waals surface area contributed by atoms with Crippen LogP contribution in [0.2, 0.25) is 0 Å². The minimum absolute atomic E-state index is 0.0983. The quantitative estimate of drug-likeness (QED) is 0.864. The summed E-state index contributed by atoms with van der Waals surface area (Å²) in [5.41, 5.74) is 2.15. The molecular formula is C18H22N2O2S. The molecule has 1 fully saturated rings. The van der Waals surface area contributed by atoms with Crippen LogP contribution in [0.1, 0.15) is 32.4 Å². The molecule has 1 aliphatic heterocycles. The van der Waals surface area contributed by atoms with Crippen LogP contribution in [0.15, 0.2) is 30.3 Å². The minimum atomic E-state index is 0.0983. The van der Waals surface area contributed by atoms with E-state index < -0.39 is 0 Å². The summed E-state index contributed by atoms with van der Waals surface area (Å²) in [6.45, 7) is 5.79. The van der Waals surface area contributed by atoms with Crippen LogP contribution >= 0.6 is 11.3 Å². The summed E-state index contributed by atoms with van der Waals surface area (Å²) in [7, 11) is 0. The first kappa shape index (κ1) is 16.1. The Hall–Kier alpha value is -1.72. The fraction of sp³-hybridized carbons (Fsp3) is 0.444. The van der Waals surface area contributed by atoms with Crippen molar-refractivity contribution in [3.63, 3.8) is 0 Å². The summed E-state index contributed by atoms with van der Waals surface area (Å²) < 4.78 is 5.85. The van der Waals surface area contributed by atoms with Crippen molar-refractivity contribution in [3.05, 3.63) is 51.5 Å². The highest BCUT2D eigenvalue weighted by molar-refractivity contribution is 7.13. The van der Waals surface area contributed by atoms with Crippen LogP contribution in [-0.4, -0.2) is 41.6 Å². The van der Waals surface area contributed by atoms with Crippen LogP contribution in [0, 0.1) is 13.8 Å². The molecule has 122 valence electrons. The lowest BCUT2D eigenvalue weighted by atomic mass is 10.1. The summed E-state index contributed by atoms with van der Waals surface area (Å²) in [4.78, 5) is 19.7. The molecule has 0 spiro atoms. The third-order valence-electron chi connectivity index (χ3n) is 4.12. The highest BCUT2D eigenvalue weighted by Gasteiger charge is 2.27. The number of hydrogen-bond acceptors (Lipinski definition) is 4. The second-order valence-corrected chi connectivity index (χ2v) is 7.12. The zero-order valence-electron chi connectivity index (χ0n) is 13.6. The van der Waals surface area contributed by atoms with Gasteiger partial charge in [0.2, 0.25) is 0 Å². The number of thiazole rings is 1. The third-order valence-corrected chi connectivity index (χ3v) is 5.18. The number of hydrogen-bond donors (Lipinski definition) is 0.